The largest absolute Gasteiger partial charge is 0.372 e. The van der Waals surface area contributed by atoms with E-state index in [2.05, 4.69) is 39.5 Å². The number of hydrogen-bond acceptors (Lipinski definition) is 3. The van der Waals surface area contributed by atoms with E-state index in [0.29, 0.717) is 0 Å². The van der Waals surface area contributed by atoms with E-state index in [9.17, 15) is 4.79 Å². The van der Waals surface area contributed by atoms with E-state index >= 15 is 0 Å². The van der Waals surface area contributed by atoms with Gasteiger partial charge in [-0.05, 0) is 56.0 Å². The molecule has 1 saturated heterocycles. The molecule has 1 aliphatic rings. The van der Waals surface area contributed by atoms with Gasteiger partial charge in [0.1, 0.15) is 0 Å². The summed E-state index contributed by atoms with van der Waals surface area (Å²) in [5.41, 5.74) is 3.79. The molecular weight excluding hydrogens is 288 g/mol. The first-order valence-electron chi connectivity index (χ1n) is 8.26. The highest BCUT2D eigenvalue weighted by Gasteiger charge is 2.16. The lowest BCUT2D eigenvalue weighted by molar-refractivity contribution is -0.115. The lowest BCUT2D eigenvalue weighted by Gasteiger charge is -2.32. The number of carbonyl (C=O) groups is 1. The van der Waals surface area contributed by atoms with E-state index in [-0.39, 0.29) is 12.3 Å². The van der Waals surface area contributed by atoms with E-state index in [1.54, 1.807) is 0 Å². The molecule has 2 aromatic rings. The first kappa shape index (κ1) is 15.6. The van der Waals surface area contributed by atoms with Crippen molar-refractivity contribution in [2.45, 2.75) is 33.1 Å². The Morgan fingerprint density at radius 2 is 2.00 bits per heavy atom. The molecule has 0 bridgehead atoms. The van der Waals surface area contributed by atoms with Crippen LogP contribution in [-0.2, 0) is 11.2 Å². The zero-order chi connectivity index (χ0) is 16.2. The van der Waals surface area contributed by atoms with Crippen LogP contribution in [0.5, 0.6) is 0 Å². The first-order chi connectivity index (χ1) is 11.1. The Hall–Kier alpha value is -2.30. The fourth-order valence-corrected chi connectivity index (χ4v) is 2.96. The van der Waals surface area contributed by atoms with E-state index in [1.807, 2.05) is 25.1 Å². The smallest absolute Gasteiger partial charge is 0.230 e. The minimum absolute atomic E-state index is 0.0453. The number of anilines is 2. The van der Waals surface area contributed by atoms with Crippen LogP contribution in [0.1, 0.15) is 31.2 Å². The maximum absolute atomic E-state index is 12.0. The number of benzene rings is 1. The number of piperidine rings is 1. The Kier molecular flexibility index (Phi) is 4.65. The summed E-state index contributed by atoms with van der Waals surface area (Å²) in [6.45, 7) is 6.47. The number of rotatable bonds is 4. The number of carbonyl (C=O) groups excluding carboxylic acids is 1. The van der Waals surface area contributed by atoms with Crippen LogP contribution in [0.4, 0.5) is 11.4 Å². The van der Waals surface area contributed by atoms with Crippen LogP contribution >= 0.6 is 0 Å². The SMILES string of the molecule is Cc1cc(CC(=O)Nc2ccc(N3CCC(C)CC3)cc2)n[nH]1. The molecule has 1 amide bonds. The van der Waals surface area contributed by atoms with Gasteiger partial charge in [0.25, 0.3) is 0 Å². The van der Waals surface area contributed by atoms with E-state index in [4.69, 9.17) is 0 Å². The number of aromatic amines is 1. The standard InChI is InChI=1S/C18H24N4O/c1-13-7-9-22(10-8-13)17-5-3-15(4-6-17)19-18(23)12-16-11-14(2)20-21-16/h3-6,11,13H,7-10,12H2,1-2H3,(H,19,23)(H,20,21). The molecule has 1 aromatic heterocycles. The van der Waals surface area contributed by atoms with Crippen LogP contribution in [0.2, 0.25) is 0 Å². The van der Waals surface area contributed by atoms with Crippen LogP contribution in [0.15, 0.2) is 30.3 Å². The Morgan fingerprint density at radius 1 is 1.30 bits per heavy atom. The molecule has 0 saturated carbocycles. The van der Waals surface area contributed by atoms with E-state index < -0.39 is 0 Å². The molecule has 122 valence electrons. The molecule has 1 aliphatic heterocycles. The Balaban J connectivity index is 1.55. The lowest BCUT2D eigenvalue weighted by atomic mass is 9.99. The molecule has 1 aromatic carbocycles. The second kappa shape index (κ2) is 6.86. The number of H-pyrrole nitrogens is 1. The number of nitrogens with zero attached hydrogens (tertiary/aromatic N) is 2. The van der Waals surface area contributed by atoms with Gasteiger partial charge in [0.2, 0.25) is 5.91 Å². The summed E-state index contributed by atoms with van der Waals surface area (Å²) in [7, 11) is 0. The summed E-state index contributed by atoms with van der Waals surface area (Å²) in [5, 5.41) is 9.86. The monoisotopic (exact) mass is 312 g/mol. The molecule has 0 aliphatic carbocycles. The number of nitrogens with one attached hydrogen (secondary N) is 2. The highest BCUT2D eigenvalue weighted by atomic mass is 16.1. The van der Waals surface area contributed by atoms with Gasteiger partial charge in [0, 0.05) is 30.2 Å². The van der Waals surface area contributed by atoms with Gasteiger partial charge in [-0.3, -0.25) is 9.89 Å². The Bertz CT molecular complexity index is 654. The minimum Gasteiger partial charge on any atom is -0.372 e. The number of aromatic nitrogens is 2. The molecule has 5 nitrogen and oxygen atoms in total. The quantitative estimate of drug-likeness (QED) is 0.912. The van der Waals surface area contributed by atoms with Gasteiger partial charge in [-0.15, -0.1) is 0 Å². The third kappa shape index (κ3) is 4.12. The van der Waals surface area contributed by atoms with Crippen LogP contribution in [0.25, 0.3) is 0 Å². The predicted molar refractivity (Wildman–Crippen MR) is 92.7 cm³/mol. The zero-order valence-electron chi connectivity index (χ0n) is 13.8. The summed E-state index contributed by atoms with van der Waals surface area (Å²) in [5.74, 6) is 0.784. The molecule has 0 atom stereocenters. The average Bonchev–Trinajstić information content (AvgIpc) is 2.94. The molecule has 1 fully saturated rings. The van der Waals surface area contributed by atoms with Crippen LogP contribution in [0.3, 0.4) is 0 Å². The van der Waals surface area contributed by atoms with Gasteiger partial charge in [-0.2, -0.15) is 5.10 Å². The van der Waals surface area contributed by atoms with Crippen LogP contribution in [-0.4, -0.2) is 29.2 Å². The van der Waals surface area contributed by atoms with Gasteiger partial charge in [-0.1, -0.05) is 6.92 Å². The molecule has 0 spiro atoms. The maximum atomic E-state index is 12.0. The fraction of sp³-hybridized carbons (Fsp3) is 0.444. The normalized spacial score (nSPS) is 15.7. The highest BCUT2D eigenvalue weighted by Crippen LogP contribution is 2.24. The lowest BCUT2D eigenvalue weighted by Crippen LogP contribution is -2.32. The first-order valence-corrected chi connectivity index (χ1v) is 8.26. The molecule has 3 rings (SSSR count). The molecule has 0 radical (unpaired) electrons. The number of aryl methyl sites for hydroxylation is 1. The number of amides is 1. The van der Waals surface area contributed by atoms with Gasteiger partial charge in [-0.25, -0.2) is 0 Å². The molecule has 2 N–H and O–H groups in total. The van der Waals surface area contributed by atoms with E-state index in [0.717, 1.165) is 36.1 Å². The Labute approximate surface area is 137 Å². The van der Waals surface area contributed by atoms with Gasteiger partial charge in [0.15, 0.2) is 0 Å². The topological polar surface area (TPSA) is 61.0 Å². The van der Waals surface area contributed by atoms with Crippen molar-refractivity contribution in [3.8, 4) is 0 Å². The minimum atomic E-state index is -0.0453. The average molecular weight is 312 g/mol. The van der Waals surface area contributed by atoms with Crippen molar-refractivity contribution in [1.82, 2.24) is 10.2 Å². The van der Waals surface area contributed by atoms with Crippen molar-refractivity contribution in [2.24, 2.45) is 5.92 Å². The third-order valence-electron chi connectivity index (χ3n) is 4.40. The predicted octanol–water partition coefficient (Wildman–Crippen LogP) is 3.14. The zero-order valence-corrected chi connectivity index (χ0v) is 13.8. The third-order valence-corrected chi connectivity index (χ3v) is 4.40. The second-order valence-electron chi connectivity index (χ2n) is 6.48. The van der Waals surface area contributed by atoms with Gasteiger partial charge < -0.3 is 10.2 Å². The second-order valence-corrected chi connectivity index (χ2v) is 6.48. The highest BCUT2D eigenvalue weighted by molar-refractivity contribution is 5.92. The summed E-state index contributed by atoms with van der Waals surface area (Å²) >= 11 is 0. The summed E-state index contributed by atoms with van der Waals surface area (Å²) in [4.78, 5) is 14.5. The van der Waals surface area contributed by atoms with Crippen LogP contribution in [0, 0.1) is 12.8 Å². The van der Waals surface area contributed by atoms with Crippen molar-refractivity contribution in [2.75, 3.05) is 23.3 Å². The Morgan fingerprint density at radius 3 is 2.61 bits per heavy atom. The van der Waals surface area contributed by atoms with E-state index in [1.165, 1.54) is 18.5 Å². The van der Waals surface area contributed by atoms with Crippen molar-refractivity contribution >= 4 is 17.3 Å². The van der Waals surface area contributed by atoms with Crippen molar-refractivity contribution in [3.63, 3.8) is 0 Å². The van der Waals surface area contributed by atoms with Gasteiger partial charge >= 0.3 is 0 Å². The fourth-order valence-electron chi connectivity index (χ4n) is 2.96. The van der Waals surface area contributed by atoms with Crippen molar-refractivity contribution in [3.05, 3.63) is 41.7 Å². The molecule has 2 heterocycles. The number of hydrogen-bond donors (Lipinski definition) is 2. The molecular formula is C18H24N4O. The van der Waals surface area contributed by atoms with Crippen LogP contribution < -0.4 is 10.2 Å². The molecule has 5 heteroatoms. The summed E-state index contributed by atoms with van der Waals surface area (Å²) < 4.78 is 0. The maximum Gasteiger partial charge on any atom is 0.230 e. The summed E-state index contributed by atoms with van der Waals surface area (Å²) in [6.07, 6.45) is 2.79. The van der Waals surface area contributed by atoms with Crippen molar-refractivity contribution < 1.29 is 4.79 Å². The summed E-state index contributed by atoms with van der Waals surface area (Å²) in [6, 6.07) is 10.0. The van der Waals surface area contributed by atoms with Gasteiger partial charge in [0.05, 0.1) is 12.1 Å². The molecule has 0 unspecified atom stereocenters. The molecule has 23 heavy (non-hydrogen) atoms. The van der Waals surface area contributed by atoms with Crippen molar-refractivity contribution in [1.29, 1.82) is 0 Å².